The van der Waals surface area contributed by atoms with Gasteiger partial charge in [0.2, 0.25) is 5.91 Å². The Morgan fingerprint density at radius 1 is 1.14 bits per heavy atom. The smallest absolute Gasteiger partial charge is 0.248 e. The van der Waals surface area contributed by atoms with Crippen molar-refractivity contribution in [1.29, 1.82) is 0 Å². The van der Waals surface area contributed by atoms with E-state index in [2.05, 4.69) is 5.32 Å². The van der Waals surface area contributed by atoms with Crippen LogP contribution in [0.2, 0.25) is 0 Å². The van der Waals surface area contributed by atoms with Crippen LogP contribution < -0.4 is 5.32 Å². The number of aryl methyl sites for hydroxylation is 1. The topological polar surface area (TPSA) is 49.3 Å². The fourth-order valence-electron chi connectivity index (χ4n) is 2.01. The van der Waals surface area contributed by atoms with Gasteiger partial charge >= 0.3 is 0 Å². The Hall–Kier alpha value is -2.39. The molecule has 2 aromatic rings. The van der Waals surface area contributed by atoms with Crippen molar-refractivity contribution in [1.82, 2.24) is 0 Å². The summed E-state index contributed by atoms with van der Waals surface area (Å²) in [5.41, 5.74) is 3.96. The molecule has 0 bridgehead atoms. The predicted molar refractivity (Wildman–Crippen MR) is 86.1 cm³/mol. The highest BCUT2D eigenvalue weighted by Crippen LogP contribution is 2.11. The molecule has 0 saturated heterocycles. The third-order valence-corrected chi connectivity index (χ3v) is 3.22. The van der Waals surface area contributed by atoms with Gasteiger partial charge in [-0.1, -0.05) is 36.4 Å². The maximum atomic E-state index is 11.9. The molecule has 2 aromatic carbocycles. The third kappa shape index (κ3) is 4.58. The maximum Gasteiger partial charge on any atom is 0.248 e. The molecule has 0 unspecified atom stereocenters. The Balaban J connectivity index is 1.97. The van der Waals surface area contributed by atoms with Crippen molar-refractivity contribution < 1.29 is 9.90 Å². The van der Waals surface area contributed by atoms with Crippen LogP contribution in [-0.2, 0) is 11.2 Å². The van der Waals surface area contributed by atoms with Gasteiger partial charge in [-0.15, -0.1) is 0 Å². The van der Waals surface area contributed by atoms with Gasteiger partial charge in [-0.2, -0.15) is 0 Å². The van der Waals surface area contributed by atoms with Crippen LogP contribution in [0.5, 0.6) is 0 Å². The summed E-state index contributed by atoms with van der Waals surface area (Å²) in [5, 5.41) is 11.7. The molecular formula is C18H19NO2. The number of hydrogen-bond donors (Lipinski definition) is 2. The first-order valence-electron chi connectivity index (χ1n) is 6.93. The van der Waals surface area contributed by atoms with Crippen LogP contribution in [0.3, 0.4) is 0 Å². The molecule has 108 valence electrons. The summed E-state index contributed by atoms with van der Waals surface area (Å²) in [5.74, 6) is -0.159. The van der Waals surface area contributed by atoms with E-state index in [0.29, 0.717) is 6.42 Å². The molecule has 0 spiro atoms. The van der Waals surface area contributed by atoms with Gasteiger partial charge in [0.15, 0.2) is 0 Å². The number of aliphatic hydroxyl groups is 1. The second kappa shape index (κ2) is 7.41. The van der Waals surface area contributed by atoms with Crippen LogP contribution in [0.15, 0.2) is 54.6 Å². The molecule has 0 aromatic heterocycles. The maximum absolute atomic E-state index is 11.9. The van der Waals surface area contributed by atoms with Crippen molar-refractivity contribution in [2.45, 2.75) is 13.3 Å². The number of benzene rings is 2. The van der Waals surface area contributed by atoms with E-state index >= 15 is 0 Å². The zero-order valence-electron chi connectivity index (χ0n) is 12.0. The first kappa shape index (κ1) is 15.0. The number of carbonyl (C=O) groups excluding carboxylic acids is 1. The molecule has 0 radical (unpaired) electrons. The van der Waals surface area contributed by atoms with E-state index in [1.165, 1.54) is 6.08 Å². The zero-order chi connectivity index (χ0) is 15.1. The van der Waals surface area contributed by atoms with Gasteiger partial charge in [-0.25, -0.2) is 0 Å². The highest BCUT2D eigenvalue weighted by atomic mass is 16.2. The van der Waals surface area contributed by atoms with E-state index in [1.54, 1.807) is 0 Å². The summed E-state index contributed by atoms with van der Waals surface area (Å²) in [4.78, 5) is 11.9. The van der Waals surface area contributed by atoms with Crippen molar-refractivity contribution in [2.24, 2.45) is 0 Å². The predicted octanol–water partition coefficient (Wildman–Crippen LogP) is 3.18. The Bertz CT molecular complexity index is 630. The van der Waals surface area contributed by atoms with Crippen LogP contribution in [0.4, 0.5) is 5.69 Å². The summed E-state index contributed by atoms with van der Waals surface area (Å²) in [6.45, 7) is 2.14. The fourth-order valence-corrected chi connectivity index (χ4v) is 2.01. The summed E-state index contributed by atoms with van der Waals surface area (Å²) in [6.07, 6.45) is 3.97. The minimum Gasteiger partial charge on any atom is -0.396 e. The van der Waals surface area contributed by atoms with Gasteiger partial charge in [-0.05, 0) is 48.2 Å². The number of amides is 1. The molecule has 0 fully saturated rings. The van der Waals surface area contributed by atoms with Crippen LogP contribution in [0.1, 0.15) is 16.7 Å². The van der Waals surface area contributed by atoms with E-state index < -0.39 is 0 Å². The van der Waals surface area contributed by atoms with Gasteiger partial charge in [0.25, 0.3) is 0 Å². The van der Waals surface area contributed by atoms with Gasteiger partial charge in [0.1, 0.15) is 0 Å². The Morgan fingerprint density at radius 2 is 1.86 bits per heavy atom. The first-order chi connectivity index (χ1) is 10.2. The lowest BCUT2D eigenvalue weighted by molar-refractivity contribution is -0.111. The first-order valence-corrected chi connectivity index (χ1v) is 6.93. The number of carbonyl (C=O) groups is 1. The Labute approximate surface area is 124 Å². The van der Waals surface area contributed by atoms with E-state index in [9.17, 15) is 4.79 Å². The van der Waals surface area contributed by atoms with Crippen molar-refractivity contribution in [3.8, 4) is 0 Å². The minimum absolute atomic E-state index is 0.130. The number of nitrogens with one attached hydrogen (secondary N) is 1. The summed E-state index contributed by atoms with van der Waals surface area (Å²) in [7, 11) is 0. The molecular weight excluding hydrogens is 262 g/mol. The largest absolute Gasteiger partial charge is 0.396 e. The molecule has 0 aliphatic heterocycles. The number of rotatable bonds is 5. The lowest BCUT2D eigenvalue weighted by Crippen LogP contribution is -2.07. The second-order valence-corrected chi connectivity index (χ2v) is 4.85. The summed E-state index contributed by atoms with van der Waals surface area (Å²) in [6, 6.07) is 15.4. The lowest BCUT2D eigenvalue weighted by Gasteiger charge is -2.04. The quantitative estimate of drug-likeness (QED) is 0.827. The van der Waals surface area contributed by atoms with E-state index in [4.69, 9.17) is 5.11 Å². The van der Waals surface area contributed by atoms with Crippen molar-refractivity contribution >= 4 is 17.7 Å². The van der Waals surface area contributed by atoms with Crippen molar-refractivity contribution in [3.63, 3.8) is 0 Å². The number of hydrogen-bond acceptors (Lipinski definition) is 2. The molecule has 3 heteroatoms. The third-order valence-electron chi connectivity index (χ3n) is 3.22. The van der Waals surface area contributed by atoms with Crippen LogP contribution >= 0.6 is 0 Å². The summed E-state index contributed by atoms with van der Waals surface area (Å²) >= 11 is 0. The molecule has 0 saturated carbocycles. The van der Waals surface area contributed by atoms with Crippen LogP contribution in [-0.4, -0.2) is 17.6 Å². The molecule has 0 aliphatic rings. The molecule has 2 rings (SSSR count). The Morgan fingerprint density at radius 3 is 2.52 bits per heavy atom. The van der Waals surface area contributed by atoms with Gasteiger partial charge < -0.3 is 10.4 Å². The molecule has 1 amide bonds. The normalized spacial score (nSPS) is 10.8. The highest BCUT2D eigenvalue weighted by Gasteiger charge is 1.99. The second-order valence-electron chi connectivity index (χ2n) is 4.85. The summed E-state index contributed by atoms with van der Waals surface area (Å²) < 4.78 is 0. The van der Waals surface area contributed by atoms with Gasteiger partial charge in [0.05, 0.1) is 0 Å². The average molecular weight is 281 g/mol. The number of aliphatic hydroxyl groups excluding tert-OH is 1. The molecule has 3 nitrogen and oxygen atoms in total. The van der Waals surface area contributed by atoms with Crippen LogP contribution in [0.25, 0.3) is 6.08 Å². The highest BCUT2D eigenvalue weighted by molar-refractivity contribution is 6.02. The van der Waals surface area contributed by atoms with E-state index in [0.717, 1.165) is 22.4 Å². The van der Waals surface area contributed by atoms with E-state index in [1.807, 2.05) is 61.5 Å². The molecule has 21 heavy (non-hydrogen) atoms. The molecule has 0 aliphatic carbocycles. The minimum atomic E-state index is -0.159. The average Bonchev–Trinajstić information content (AvgIpc) is 2.49. The number of anilines is 1. The molecule has 0 atom stereocenters. The van der Waals surface area contributed by atoms with Crippen molar-refractivity contribution in [2.75, 3.05) is 11.9 Å². The standard InChI is InChI=1S/C18H19NO2/c1-14-4-2-3-5-16(14)8-11-18(21)19-17-9-6-15(7-10-17)12-13-20/h2-11,20H,12-13H2,1H3,(H,19,21). The SMILES string of the molecule is Cc1ccccc1C=CC(=O)Nc1ccc(CCO)cc1. The lowest BCUT2D eigenvalue weighted by atomic mass is 10.1. The molecule has 2 N–H and O–H groups in total. The molecule has 0 heterocycles. The van der Waals surface area contributed by atoms with E-state index in [-0.39, 0.29) is 12.5 Å². The van der Waals surface area contributed by atoms with Crippen molar-refractivity contribution in [3.05, 3.63) is 71.3 Å². The monoisotopic (exact) mass is 281 g/mol. The fraction of sp³-hybridized carbons (Fsp3) is 0.167. The van der Waals surface area contributed by atoms with Gasteiger partial charge in [-0.3, -0.25) is 4.79 Å². The van der Waals surface area contributed by atoms with Crippen LogP contribution in [0, 0.1) is 6.92 Å². The Kier molecular flexibility index (Phi) is 5.29. The van der Waals surface area contributed by atoms with Gasteiger partial charge in [0, 0.05) is 18.4 Å². The zero-order valence-corrected chi connectivity index (χ0v) is 12.0.